The molecule has 0 bridgehead atoms. The third-order valence-corrected chi connectivity index (χ3v) is 7.30. The van der Waals surface area contributed by atoms with Crippen LogP contribution in [0.15, 0.2) is 42.6 Å². The summed E-state index contributed by atoms with van der Waals surface area (Å²) in [6.45, 7) is 12.4. The van der Waals surface area contributed by atoms with Gasteiger partial charge in [0.15, 0.2) is 5.82 Å². The highest BCUT2D eigenvalue weighted by Gasteiger charge is 2.26. The molecule has 1 atom stereocenters. The first-order chi connectivity index (χ1) is 22.5. The molecule has 1 saturated heterocycles. The maximum absolute atomic E-state index is 11.2. The van der Waals surface area contributed by atoms with Crippen molar-refractivity contribution >= 4 is 22.4 Å². The predicted molar refractivity (Wildman–Crippen MR) is 177 cm³/mol. The minimum Gasteiger partial charge on any atom is -0.491 e. The minimum atomic E-state index is -0.721. The second-order valence-corrected chi connectivity index (χ2v) is 11.2. The Kier molecular flexibility index (Phi) is 15.8. The van der Waals surface area contributed by atoms with Crippen LogP contribution in [0.1, 0.15) is 25.8 Å². The molecule has 1 aromatic carbocycles. The zero-order valence-electron chi connectivity index (χ0n) is 27.2. The molecule has 0 spiro atoms. The van der Waals surface area contributed by atoms with Gasteiger partial charge in [-0.2, -0.15) is 0 Å². The van der Waals surface area contributed by atoms with Gasteiger partial charge in [-0.05, 0) is 50.2 Å². The van der Waals surface area contributed by atoms with Crippen LogP contribution in [-0.4, -0.2) is 137 Å². The van der Waals surface area contributed by atoms with E-state index in [9.17, 15) is 5.11 Å². The Morgan fingerprint density at radius 2 is 1.41 bits per heavy atom. The summed E-state index contributed by atoms with van der Waals surface area (Å²) in [5, 5.41) is 24.3. The molecule has 13 heteroatoms. The Morgan fingerprint density at radius 3 is 2.02 bits per heavy atom. The van der Waals surface area contributed by atoms with Crippen molar-refractivity contribution < 1.29 is 38.6 Å². The van der Waals surface area contributed by atoms with Crippen molar-refractivity contribution in [3.05, 3.63) is 48.3 Å². The molecule has 256 valence electrons. The van der Waals surface area contributed by atoms with Crippen LogP contribution in [0.25, 0.3) is 10.9 Å². The molecule has 2 aromatic heterocycles. The normalized spacial score (nSPS) is 14.8. The number of nitrogens with zero attached hydrogens (tertiary/aromatic N) is 3. The van der Waals surface area contributed by atoms with Crippen LogP contribution in [0.3, 0.4) is 0 Å². The number of pyridine rings is 1. The molecule has 1 unspecified atom stereocenters. The number of H-pyrrole nitrogens is 1. The molecule has 3 heterocycles. The maximum Gasteiger partial charge on any atom is 0.152 e. The van der Waals surface area contributed by atoms with E-state index in [4.69, 9.17) is 33.5 Å². The largest absolute Gasteiger partial charge is 0.491 e. The quantitative estimate of drug-likeness (QED) is 0.113. The second kappa shape index (κ2) is 20.3. The number of aliphatic hydroxyl groups excluding tert-OH is 2. The number of hydrogen-bond donors (Lipinski definition) is 4. The van der Waals surface area contributed by atoms with Gasteiger partial charge >= 0.3 is 0 Å². The number of anilines is 2. The zero-order valence-corrected chi connectivity index (χ0v) is 27.2. The fourth-order valence-corrected chi connectivity index (χ4v) is 5.07. The first kappa shape index (κ1) is 35.8. The third kappa shape index (κ3) is 12.0. The molecule has 4 rings (SSSR count). The van der Waals surface area contributed by atoms with Crippen LogP contribution in [0.4, 0.5) is 11.5 Å². The average molecular weight is 646 g/mol. The number of fused-ring (bicyclic) bond motifs is 1. The van der Waals surface area contributed by atoms with Crippen molar-refractivity contribution in [3.8, 4) is 5.75 Å². The molecule has 0 radical (unpaired) electrons. The maximum atomic E-state index is 11.2. The van der Waals surface area contributed by atoms with E-state index in [2.05, 4.69) is 45.0 Å². The Labute approximate surface area is 271 Å². The molecule has 13 nitrogen and oxygen atoms in total. The molecule has 3 aromatic rings. The Bertz CT molecular complexity index is 1250. The van der Waals surface area contributed by atoms with Crippen LogP contribution in [0, 0.1) is 0 Å². The van der Waals surface area contributed by atoms with E-state index >= 15 is 0 Å². The van der Waals surface area contributed by atoms with Crippen molar-refractivity contribution in [1.82, 2.24) is 14.9 Å². The molecule has 1 aliphatic heterocycles. The third-order valence-electron chi connectivity index (χ3n) is 7.30. The van der Waals surface area contributed by atoms with E-state index in [1.807, 2.05) is 36.5 Å². The van der Waals surface area contributed by atoms with Crippen LogP contribution < -0.4 is 15.0 Å². The Hall–Kier alpha value is -3.01. The molecule has 1 fully saturated rings. The number of hydrogen-bond acceptors (Lipinski definition) is 12. The summed E-state index contributed by atoms with van der Waals surface area (Å²) in [5.41, 5.74) is 2.75. The number of aliphatic hydroxyl groups is 2. The molecular formula is C33H51N5O8. The van der Waals surface area contributed by atoms with E-state index in [0.29, 0.717) is 78.7 Å². The topological polar surface area (TPSA) is 143 Å². The fourth-order valence-electron chi connectivity index (χ4n) is 5.07. The van der Waals surface area contributed by atoms with Crippen molar-refractivity contribution in [2.75, 3.05) is 116 Å². The summed E-state index contributed by atoms with van der Waals surface area (Å²) in [5.74, 6) is 1.71. The molecule has 1 aliphatic rings. The Morgan fingerprint density at radius 1 is 0.804 bits per heavy atom. The Balaban J connectivity index is 1.08. The smallest absolute Gasteiger partial charge is 0.152 e. The summed E-state index contributed by atoms with van der Waals surface area (Å²) in [6.07, 6.45) is 1.11. The number of ether oxygens (including phenoxy) is 6. The number of rotatable bonds is 23. The molecule has 0 amide bonds. The second-order valence-electron chi connectivity index (χ2n) is 11.2. The number of nitrogens with one attached hydrogen (secondary N) is 2. The minimum absolute atomic E-state index is 0.0218. The van der Waals surface area contributed by atoms with Crippen LogP contribution in [0.5, 0.6) is 5.75 Å². The number of aromatic amines is 1. The van der Waals surface area contributed by atoms with E-state index in [0.717, 1.165) is 60.0 Å². The summed E-state index contributed by atoms with van der Waals surface area (Å²) in [7, 11) is 0. The van der Waals surface area contributed by atoms with Gasteiger partial charge in [0.05, 0.1) is 84.1 Å². The van der Waals surface area contributed by atoms with Crippen LogP contribution in [0.2, 0.25) is 0 Å². The lowest BCUT2D eigenvalue weighted by Gasteiger charge is -2.38. The molecule has 0 saturated carbocycles. The summed E-state index contributed by atoms with van der Waals surface area (Å²) in [4.78, 5) is 12.4. The SMILES string of the molecule is CC(C)Nc1cccnc1N1CCN(C(O)c2cc3cc(OCCOCCOCCOCCOCCOCCO)ccc3[nH]2)CC1. The van der Waals surface area contributed by atoms with Gasteiger partial charge in [0.2, 0.25) is 0 Å². The van der Waals surface area contributed by atoms with Gasteiger partial charge in [-0.15, -0.1) is 0 Å². The van der Waals surface area contributed by atoms with Gasteiger partial charge < -0.3 is 53.8 Å². The van der Waals surface area contributed by atoms with Crippen molar-refractivity contribution in [3.63, 3.8) is 0 Å². The van der Waals surface area contributed by atoms with Gasteiger partial charge in [-0.25, -0.2) is 4.98 Å². The molecular weight excluding hydrogens is 594 g/mol. The summed E-state index contributed by atoms with van der Waals surface area (Å²) < 4.78 is 32.9. The number of benzene rings is 1. The van der Waals surface area contributed by atoms with Gasteiger partial charge in [0, 0.05) is 49.3 Å². The fraction of sp³-hybridized carbons (Fsp3) is 0.606. The van der Waals surface area contributed by atoms with Gasteiger partial charge in [-0.1, -0.05) is 0 Å². The first-order valence-electron chi connectivity index (χ1n) is 16.2. The predicted octanol–water partition coefficient (Wildman–Crippen LogP) is 2.65. The van der Waals surface area contributed by atoms with Crippen molar-refractivity contribution in [1.29, 1.82) is 0 Å². The highest BCUT2D eigenvalue weighted by Crippen LogP contribution is 2.29. The zero-order chi connectivity index (χ0) is 32.4. The lowest BCUT2D eigenvalue weighted by molar-refractivity contribution is -0.0146. The standard InChI is InChI=1S/C33H51N5O8/c1-26(2)35-30-4-3-7-34-32(30)37-8-10-38(11-9-37)33(40)31-25-27-24-28(5-6-29(27)36-31)46-23-22-45-21-20-44-19-18-43-17-16-42-15-14-41-13-12-39/h3-7,24-26,33,35-36,39-40H,8-23H2,1-2H3. The number of piperazine rings is 1. The van der Waals surface area contributed by atoms with E-state index in [-0.39, 0.29) is 6.61 Å². The molecule has 0 aliphatic carbocycles. The van der Waals surface area contributed by atoms with E-state index in [1.165, 1.54) is 0 Å². The van der Waals surface area contributed by atoms with Gasteiger partial charge in [-0.3, -0.25) is 4.90 Å². The highest BCUT2D eigenvalue weighted by molar-refractivity contribution is 5.82. The average Bonchev–Trinajstić information content (AvgIpc) is 3.49. The lowest BCUT2D eigenvalue weighted by Crippen LogP contribution is -2.48. The molecule has 46 heavy (non-hydrogen) atoms. The van der Waals surface area contributed by atoms with Gasteiger partial charge in [0.25, 0.3) is 0 Å². The monoisotopic (exact) mass is 645 g/mol. The summed E-state index contributed by atoms with van der Waals surface area (Å²) in [6, 6.07) is 12.2. The number of aromatic nitrogens is 2. The van der Waals surface area contributed by atoms with Crippen molar-refractivity contribution in [2.45, 2.75) is 26.1 Å². The first-order valence-corrected chi connectivity index (χ1v) is 16.2. The van der Waals surface area contributed by atoms with Crippen molar-refractivity contribution in [2.24, 2.45) is 0 Å². The van der Waals surface area contributed by atoms with E-state index < -0.39 is 6.23 Å². The molecule has 4 N–H and O–H groups in total. The van der Waals surface area contributed by atoms with Crippen LogP contribution in [-0.2, 0) is 23.7 Å². The van der Waals surface area contributed by atoms with E-state index in [1.54, 1.807) is 0 Å². The van der Waals surface area contributed by atoms with Crippen LogP contribution >= 0.6 is 0 Å². The lowest BCUT2D eigenvalue weighted by atomic mass is 10.2. The summed E-state index contributed by atoms with van der Waals surface area (Å²) >= 11 is 0. The van der Waals surface area contributed by atoms with Gasteiger partial charge in [0.1, 0.15) is 18.6 Å². The highest BCUT2D eigenvalue weighted by atomic mass is 16.6.